The topological polar surface area (TPSA) is 103 Å². The van der Waals surface area contributed by atoms with Crippen molar-refractivity contribution in [3.05, 3.63) is 41.1 Å². The summed E-state index contributed by atoms with van der Waals surface area (Å²) in [5.74, 6) is 0.449. The minimum atomic E-state index is -4.52. The monoisotopic (exact) mass is 432 g/mol. The predicted molar refractivity (Wildman–Crippen MR) is 113 cm³/mol. The molecular formula is C21H23F3N6O. The average molecular weight is 432 g/mol. The van der Waals surface area contributed by atoms with Gasteiger partial charge in [-0.3, -0.25) is 0 Å². The van der Waals surface area contributed by atoms with Crippen LogP contribution in [0.25, 0.3) is 10.9 Å². The fourth-order valence-electron chi connectivity index (χ4n) is 4.03. The van der Waals surface area contributed by atoms with Crippen LogP contribution in [0.15, 0.2) is 24.4 Å². The van der Waals surface area contributed by atoms with E-state index in [0.717, 1.165) is 38.1 Å². The van der Waals surface area contributed by atoms with E-state index in [1.807, 2.05) is 0 Å². The number of nitrogens with two attached hydrogens (primary N) is 2. The van der Waals surface area contributed by atoms with Gasteiger partial charge in [0.25, 0.3) is 0 Å². The lowest BCUT2D eigenvalue weighted by Crippen LogP contribution is -2.21. The van der Waals surface area contributed by atoms with Gasteiger partial charge in [0, 0.05) is 30.3 Å². The van der Waals surface area contributed by atoms with Crippen molar-refractivity contribution in [1.82, 2.24) is 15.0 Å². The lowest BCUT2D eigenvalue weighted by Gasteiger charge is -2.21. The molecule has 0 saturated carbocycles. The Morgan fingerprint density at radius 2 is 1.81 bits per heavy atom. The molecule has 1 fully saturated rings. The molecule has 0 amide bonds. The number of nitrogen functional groups attached to an aromatic ring is 2. The normalized spacial score (nSPS) is 15.5. The Morgan fingerprint density at radius 1 is 1.10 bits per heavy atom. The van der Waals surface area contributed by atoms with Crippen molar-refractivity contribution < 1.29 is 17.9 Å². The molecule has 0 aliphatic carbocycles. The van der Waals surface area contributed by atoms with Gasteiger partial charge in [0.15, 0.2) is 0 Å². The Balaban J connectivity index is 1.89. The van der Waals surface area contributed by atoms with Crippen molar-refractivity contribution in [3.8, 4) is 5.88 Å². The van der Waals surface area contributed by atoms with Crippen molar-refractivity contribution in [2.45, 2.75) is 31.9 Å². The molecule has 7 nitrogen and oxygen atoms in total. The van der Waals surface area contributed by atoms with Crippen LogP contribution < -0.4 is 21.1 Å². The second-order valence-electron chi connectivity index (χ2n) is 7.65. The number of fused-ring (bicyclic) bond motifs is 1. The first kappa shape index (κ1) is 21.0. The molecule has 1 saturated heterocycles. The summed E-state index contributed by atoms with van der Waals surface area (Å²) in [5, 5.41) is 0.512. The van der Waals surface area contributed by atoms with Crippen molar-refractivity contribution in [1.29, 1.82) is 0 Å². The molecule has 0 radical (unpaired) electrons. The largest absolute Gasteiger partial charge is 0.481 e. The molecule has 3 aromatic rings. The fraction of sp³-hybridized carbons (Fsp3) is 0.381. The minimum absolute atomic E-state index is 0.0179. The van der Waals surface area contributed by atoms with Gasteiger partial charge in [0.1, 0.15) is 5.82 Å². The number of hydrogen-bond acceptors (Lipinski definition) is 7. The van der Waals surface area contributed by atoms with Crippen molar-refractivity contribution in [3.63, 3.8) is 0 Å². The highest BCUT2D eigenvalue weighted by Crippen LogP contribution is 2.40. The van der Waals surface area contributed by atoms with E-state index in [-0.39, 0.29) is 17.4 Å². The SMILES string of the molecule is COc1ncc2nc(N3CCCC3)nc(N)c2c1[C@H](C)c1cc(N)cc(C(F)(F)F)c1. The number of hydrogen-bond donors (Lipinski definition) is 2. The highest BCUT2D eigenvalue weighted by molar-refractivity contribution is 5.93. The van der Waals surface area contributed by atoms with Gasteiger partial charge in [0.05, 0.1) is 29.8 Å². The molecular weight excluding hydrogens is 409 g/mol. The third-order valence-corrected chi connectivity index (χ3v) is 5.58. The summed E-state index contributed by atoms with van der Waals surface area (Å²) in [6.45, 7) is 3.45. The lowest BCUT2D eigenvalue weighted by molar-refractivity contribution is -0.137. The number of methoxy groups -OCH3 is 1. The van der Waals surface area contributed by atoms with Gasteiger partial charge in [-0.15, -0.1) is 0 Å². The average Bonchev–Trinajstić information content (AvgIpc) is 3.26. The van der Waals surface area contributed by atoms with Crippen LogP contribution >= 0.6 is 0 Å². The van der Waals surface area contributed by atoms with Crippen LogP contribution in [0.5, 0.6) is 5.88 Å². The number of benzene rings is 1. The van der Waals surface area contributed by atoms with E-state index in [4.69, 9.17) is 16.2 Å². The predicted octanol–water partition coefficient (Wildman–Crippen LogP) is 3.97. The first-order valence-electron chi connectivity index (χ1n) is 9.91. The summed E-state index contributed by atoms with van der Waals surface area (Å²) >= 11 is 0. The molecule has 1 aliphatic rings. The first-order valence-corrected chi connectivity index (χ1v) is 9.91. The van der Waals surface area contributed by atoms with Crippen LogP contribution in [0.2, 0.25) is 0 Å². The Kier molecular flexibility index (Phi) is 5.24. The van der Waals surface area contributed by atoms with E-state index in [0.29, 0.717) is 28.0 Å². The van der Waals surface area contributed by atoms with Gasteiger partial charge < -0.3 is 21.1 Å². The molecule has 1 aromatic carbocycles. The van der Waals surface area contributed by atoms with Gasteiger partial charge >= 0.3 is 6.18 Å². The van der Waals surface area contributed by atoms with E-state index in [9.17, 15) is 13.2 Å². The van der Waals surface area contributed by atoms with E-state index < -0.39 is 17.7 Å². The highest BCUT2D eigenvalue weighted by Gasteiger charge is 2.32. The standard InChI is InChI=1S/C21H23F3N6O/c1-11(12-7-13(21(22,23)24)9-14(25)8-12)16-17-15(10-27-19(16)31-2)28-20(29-18(17)26)30-5-3-4-6-30/h7-11H,3-6,25H2,1-2H3,(H2,26,28,29)/t11-/m1/s1. The number of aromatic nitrogens is 3. The zero-order valence-electron chi connectivity index (χ0n) is 17.2. The summed E-state index contributed by atoms with van der Waals surface area (Å²) in [7, 11) is 1.44. The van der Waals surface area contributed by atoms with Crippen LogP contribution in [0, 0.1) is 0 Å². The quantitative estimate of drug-likeness (QED) is 0.601. The minimum Gasteiger partial charge on any atom is -0.481 e. The van der Waals surface area contributed by atoms with Crippen molar-refractivity contribution in [2.24, 2.45) is 0 Å². The number of anilines is 3. The Hall–Kier alpha value is -3.30. The smallest absolute Gasteiger partial charge is 0.416 e. The van der Waals surface area contributed by atoms with Crippen molar-refractivity contribution >= 4 is 28.4 Å². The molecule has 0 bridgehead atoms. The summed E-state index contributed by atoms with van der Waals surface area (Å²) in [6.07, 6.45) is -0.858. The van der Waals surface area contributed by atoms with Gasteiger partial charge in [-0.05, 0) is 36.6 Å². The molecule has 2 aromatic heterocycles. The molecule has 4 N–H and O–H groups in total. The van der Waals surface area contributed by atoms with Gasteiger partial charge in [0.2, 0.25) is 11.8 Å². The number of pyridine rings is 1. The number of ether oxygens (including phenoxy) is 1. The maximum absolute atomic E-state index is 13.3. The summed E-state index contributed by atoms with van der Waals surface area (Å²) in [5.41, 5.74) is 12.7. The zero-order chi connectivity index (χ0) is 22.3. The van der Waals surface area contributed by atoms with Gasteiger partial charge in [-0.25, -0.2) is 9.97 Å². The lowest BCUT2D eigenvalue weighted by atomic mass is 9.89. The summed E-state index contributed by atoms with van der Waals surface area (Å²) in [4.78, 5) is 15.5. The number of alkyl halides is 3. The molecule has 0 spiro atoms. The second-order valence-corrected chi connectivity index (χ2v) is 7.65. The maximum Gasteiger partial charge on any atom is 0.416 e. The van der Waals surface area contributed by atoms with E-state index in [1.54, 1.807) is 13.1 Å². The molecule has 164 valence electrons. The highest BCUT2D eigenvalue weighted by atomic mass is 19.4. The third-order valence-electron chi connectivity index (χ3n) is 5.58. The zero-order valence-corrected chi connectivity index (χ0v) is 17.2. The Labute approximate surface area is 177 Å². The number of halogens is 3. The fourth-order valence-corrected chi connectivity index (χ4v) is 4.03. The molecule has 1 aliphatic heterocycles. The maximum atomic E-state index is 13.3. The van der Waals surface area contributed by atoms with Crippen LogP contribution in [0.4, 0.5) is 30.6 Å². The number of nitrogens with zero attached hydrogens (tertiary/aromatic N) is 4. The molecule has 3 heterocycles. The van der Waals surface area contributed by atoms with Gasteiger partial charge in [-0.1, -0.05) is 6.92 Å². The molecule has 31 heavy (non-hydrogen) atoms. The van der Waals surface area contributed by atoms with Crippen molar-refractivity contribution in [2.75, 3.05) is 36.6 Å². The van der Waals surface area contributed by atoms with E-state index in [2.05, 4.69) is 19.9 Å². The molecule has 1 atom stereocenters. The summed E-state index contributed by atoms with van der Waals surface area (Å²) < 4.78 is 45.4. The Morgan fingerprint density at radius 3 is 2.45 bits per heavy atom. The molecule has 0 unspecified atom stereocenters. The van der Waals surface area contributed by atoms with Gasteiger partial charge in [-0.2, -0.15) is 18.2 Å². The van der Waals surface area contributed by atoms with E-state index >= 15 is 0 Å². The molecule has 4 rings (SSSR count). The summed E-state index contributed by atoms with van der Waals surface area (Å²) in [6, 6.07) is 3.50. The van der Waals surface area contributed by atoms with Crippen LogP contribution in [0.1, 0.15) is 42.4 Å². The van der Waals surface area contributed by atoms with Crippen LogP contribution in [-0.2, 0) is 6.18 Å². The Bertz CT molecular complexity index is 1130. The van der Waals surface area contributed by atoms with Crippen LogP contribution in [0.3, 0.4) is 0 Å². The second kappa shape index (κ2) is 7.75. The van der Waals surface area contributed by atoms with E-state index in [1.165, 1.54) is 13.2 Å². The van der Waals surface area contributed by atoms with Crippen LogP contribution in [-0.4, -0.2) is 35.2 Å². The molecule has 10 heteroatoms. The first-order chi connectivity index (χ1) is 14.7. The third kappa shape index (κ3) is 3.89. The number of rotatable bonds is 4.